The molecule has 1 N–H and O–H groups in total. The second-order valence-corrected chi connectivity index (χ2v) is 3.19. The Balaban J connectivity index is 2.50. The molecule has 0 amide bonds. The molecule has 0 aromatic carbocycles. The molecule has 0 saturated carbocycles. The highest BCUT2D eigenvalue weighted by Crippen LogP contribution is 2.28. The van der Waals surface area contributed by atoms with Gasteiger partial charge in [0, 0.05) is 19.0 Å². The summed E-state index contributed by atoms with van der Waals surface area (Å²) in [6.07, 6.45) is 0. The lowest BCUT2D eigenvalue weighted by atomic mass is 9.77. The van der Waals surface area contributed by atoms with Crippen molar-refractivity contribution in [3.63, 3.8) is 0 Å². The molecule has 1 rings (SSSR count). The lowest BCUT2D eigenvalue weighted by Gasteiger charge is -2.35. The van der Waals surface area contributed by atoms with Crippen LogP contribution in [0.5, 0.6) is 0 Å². The highest BCUT2D eigenvalue weighted by molar-refractivity contribution is 5.01. The van der Waals surface area contributed by atoms with Crippen LogP contribution in [0.1, 0.15) is 13.8 Å². The largest absolute Gasteiger partial charge is 0.316 e. The summed E-state index contributed by atoms with van der Waals surface area (Å²) in [4.78, 5) is 0. The number of nitrogens with zero attached hydrogens (tertiary/aromatic N) is 1. The van der Waals surface area contributed by atoms with Gasteiger partial charge < -0.3 is 5.32 Å². The van der Waals surface area contributed by atoms with E-state index in [1.165, 1.54) is 0 Å². The molecular weight excluding hydrogens is 112 g/mol. The van der Waals surface area contributed by atoms with Crippen LogP contribution in [0.25, 0.3) is 0 Å². The summed E-state index contributed by atoms with van der Waals surface area (Å²) in [5, 5.41) is 11.8. The first-order valence-electron chi connectivity index (χ1n) is 3.29. The highest BCUT2D eigenvalue weighted by Gasteiger charge is 2.33. The molecule has 0 radical (unpaired) electrons. The Kier molecular flexibility index (Phi) is 1.46. The molecule has 1 heterocycles. The van der Waals surface area contributed by atoms with E-state index in [2.05, 4.69) is 11.4 Å². The van der Waals surface area contributed by atoms with Crippen molar-refractivity contribution in [2.45, 2.75) is 13.8 Å². The Bertz CT molecular complexity index is 139. The van der Waals surface area contributed by atoms with Gasteiger partial charge in [0.25, 0.3) is 0 Å². The molecule has 0 aliphatic carbocycles. The van der Waals surface area contributed by atoms with Crippen LogP contribution >= 0.6 is 0 Å². The Labute approximate surface area is 55.9 Å². The van der Waals surface area contributed by atoms with Crippen molar-refractivity contribution in [1.29, 1.82) is 5.26 Å². The quantitative estimate of drug-likeness (QED) is 0.560. The summed E-state index contributed by atoms with van der Waals surface area (Å²) in [6.45, 7) is 6.03. The van der Waals surface area contributed by atoms with Crippen LogP contribution in [0.2, 0.25) is 0 Å². The lowest BCUT2D eigenvalue weighted by Crippen LogP contribution is -2.49. The smallest absolute Gasteiger partial charge is 0.0687 e. The molecule has 50 valence electrons. The number of hydrogen-bond donors (Lipinski definition) is 1. The van der Waals surface area contributed by atoms with E-state index in [0.717, 1.165) is 13.1 Å². The van der Waals surface area contributed by atoms with Crippen LogP contribution in [-0.2, 0) is 0 Å². The number of nitrogens with one attached hydrogen (secondary N) is 1. The Morgan fingerprint density at radius 1 is 1.56 bits per heavy atom. The molecular formula is C7H12N2. The van der Waals surface area contributed by atoms with Gasteiger partial charge in [-0.05, 0) is 13.8 Å². The fourth-order valence-corrected chi connectivity index (χ4v) is 0.890. The van der Waals surface area contributed by atoms with E-state index in [1.807, 2.05) is 13.8 Å². The van der Waals surface area contributed by atoms with Crippen molar-refractivity contribution in [2.75, 3.05) is 13.1 Å². The number of hydrogen-bond acceptors (Lipinski definition) is 2. The van der Waals surface area contributed by atoms with E-state index in [4.69, 9.17) is 5.26 Å². The number of rotatable bonds is 1. The Morgan fingerprint density at radius 2 is 2.11 bits per heavy atom. The van der Waals surface area contributed by atoms with E-state index < -0.39 is 0 Å². The van der Waals surface area contributed by atoms with Gasteiger partial charge in [-0.2, -0.15) is 5.26 Å². The first-order valence-corrected chi connectivity index (χ1v) is 3.29. The standard InChI is InChI=1S/C7H12N2/c1-7(2,5-8)6-3-9-4-6/h6,9H,3-4H2,1-2H3. The zero-order chi connectivity index (χ0) is 6.91. The molecule has 2 nitrogen and oxygen atoms in total. The SMILES string of the molecule is CC(C)(C#N)C1CNC1. The van der Waals surface area contributed by atoms with Crippen LogP contribution in [0, 0.1) is 22.7 Å². The van der Waals surface area contributed by atoms with Crippen LogP contribution in [0.3, 0.4) is 0 Å². The molecule has 1 saturated heterocycles. The highest BCUT2D eigenvalue weighted by atomic mass is 15.0. The molecule has 0 bridgehead atoms. The van der Waals surface area contributed by atoms with Crippen LogP contribution in [0.4, 0.5) is 0 Å². The minimum Gasteiger partial charge on any atom is -0.316 e. The summed E-state index contributed by atoms with van der Waals surface area (Å²) in [6, 6.07) is 2.30. The molecule has 0 spiro atoms. The summed E-state index contributed by atoms with van der Waals surface area (Å²) >= 11 is 0. The Hall–Kier alpha value is -0.550. The predicted molar refractivity (Wildman–Crippen MR) is 35.8 cm³/mol. The van der Waals surface area contributed by atoms with Crippen molar-refractivity contribution >= 4 is 0 Å². The molecule has 9 heavy (non-hydrogen) atoms. The maximum atomic E-state index is 8.65. The molecule has 1 aliphatic rings. The van der Waals surface area contributed by atoms with Gasteiger partial charge in [-0.25, -0.2) is 0 Å². The average molecular weight is 124 g/mol. The summed E-state index contributed by atoms with van der Waals surface area (Å²) in [5.74, 6) is 0.572. The molecule has 0 atom stereocenters. The fourth-order valence-electron chi connectivity index (χ4n) is 0.890. The molecule has 1 aliphatic heterocycles. The zero-order valence-corrected chi connectivity index (χ0v) is 5.94. The monoisotopic (exact) mass is 124 g/mol. The average Bonchev–Trinajstić information content (AvgIpc) is 1.60. The third-order valence-corrected chi connectivity index (χ3v) is 2.09. The van der Waals surface area contributed by atoms with Gasteiger partial charge in [-0.3, -0.25) is 0 Å². The van der Waals surface area contributed by atoms with Gasteiger partial charge in [-0.1, -0.05) is 0 Å². The normalized spacial score (nSPS) is 20.6. The van der Waals surface area contributed by atoms with Crippen LogP contribution < -0.4 is 5.32 Å². The maximum Gasteiger partial charge on any atom is 0.0687 e. The van der Waals surface area contributed by atoms with Gasteiger partial charge in [0.15, 0.2) is 0 Å². The summed E-state index contributed by atoms with van der Waals surface area (Å²) in [5.41, 5.74) is -0.120. The molecule has 1 fully saturated rings. The predicted octanol–water partition coefficient (Wildman–Crippen LogP) is 0.756. The zero-order valence-electron chi connectivity index (χ0n) is 5.94. The van der Waals surface area contributed by atoms with E-state index in [9.17, 15) is 0 Å². The second-order valence-electron chi connectivity index (χ2n) is 3.19. The molecule has 2 heteroatoms. The van der Waals surface area contributed by atoms with E-state index in [0.29, 0.717) is 5.92 Å². The summed E-state index contributed by atoms with van der Waals surface area (Å²) in [7, 11) is 0. The van der Waals surface area contributed by atoms with Gasteiger partial charge in [-0.15, -0.1) is 0 Å². The minimum absolute atomic E-state index is 0.120. The van der Waals surface area contributed by atoms with E-state index in [-0.39, 0.29) is 5.41 Å². The van der Waals surface area contributed by atoms with Crippen LogP contribution in [-0.4, -0.2) is 13.1 Å². The minimum atomic E-state index is -0.120. The van der Waals surface area contributed by atoms with Crippen molar-refractivity contribution in [2.24, 2.45) is 11.3 Å². The molecule has 0 unspecified atom stereocenters. The van der Waals surface area contributed by atoms with Crippen molar-refractivity contribution in [3.8, 4) is 6.07 Å². The van der Waals surface area contributed by atoms with Gasteiger partial charge in [0.1, 0.15) is 0 Å². The number of nitriles is 1. The molecule has 0 aromatic rings. The first-order chi connectivity index (χ1) is 4.17. The van der Waals surface area contributed by atoms with Crippen molar-refractivity contribution < 1.29 is 0 Å². The van der Waals surface area contributed by atoms with E-state index in [1.54, 1.807) is 0 Å². The van der Waals surface area contributed by atoms with Crippen LogP contribution in [0.15, 0.2) is 0 Å². The maximum absolute atomic E-state index is 8.65. The Morgan fingerprint density at radius 3 is 2.22 bits per heavy atom. The topological polar surface area (TPSA) is 35.8 Å². The fraction of sp³-hybridized carbons (Fsp3) is 0.857. The van der Waals surface area contributed by atoms with Gasteiger partial charge in [0.2, 0.25) is 0 Å². The summed E-state index contributed by atoms with van der Waals surface area (Å²) < 4.78 is 0. The lowest BCUT2D eigenvalue weighted by molar-refractivity contribution is 0.203. The van der Waals surface area contributed by atoms with Crippen molar-refractivity contribution in [1.82, 2.24) is 5.32 Å². The second kappa shape index (κ2) is 2.00. The van der Waals surface area contributed by atoms with Crippen molar-refractivity contribution in [3.05, 3.63) is 0 Å². The first kappa shape index (κ1) is 6.57. The third kappa shape index (κ3) is 1.06. The molecule has 0 aromatic heterocycles. The third-order valence-electron chi connectivity index (χ3n) is 2.09. The van der Waals surface area contributed by atoms with E-state index >= 15 is 0 Å². The van der Waals surface area contributed by atoms with Gasteiger partial charge in [0.05, 0.1) is 11.5 Å². The van der Waals surface area contributed by atoms with Gasteiger partial charge >= 0.3 is 0 Å².